The van der Waals surface area contributed by atoms with Gasteiger partial charge in [0, 0.05) is 29.6 Å². The number of rotatable bonds is 7. The summed E-state index contributed by atoms with van der Waals surface area (Å²) in [4.78, 5) is 33.6. The van der Waals surface area contributed by atoms with Crippen LogP contribution in [0.3, 0.4) is 0 Å². The molecule has 1 atom stereocenters. The highest BCUT2D eigenvalue weighted by atomic mass is 16.4. The number of para-hydroxylation sites is 1. The minimum atomic E-state index is -1.39. The Balaban J connectivity index is 2.66. The van der Waals surface area contributed by atoms with E-state index in [4.69, 9.17) is 0 Å². The van der Waals surface area contributed by atoms with Gasteiger partial charge in [0.2, 0.25) is 5.91 Å². The summed E-state index contributed by atoms with van der Waals surface area (Å²) in [5.74, 6) is -3.88. The zero-order chi connectivity index (χ0) is 16.0. The van der Waals surface area contributed by atoms with Gasteiger partial charge in [0.25, 0.3) is 0 Å². The molecule has 6 nitrogen and oxygen atoms in total. The van der Waals surface area contributed by atoms with Crippen LogP contribution in [-0.4, -0.2) is 17.8 Å². The van der Waals surface area contributed by atoms with Crippen LogP contribution >= 0.6 is 0 Å². The molecule has 0 spiro atoms. The summed E-state index contributed by atoms with van der Waals surface area (Å²) in [6.45, 7) is 3.48. The summed E-state index contributed by atoms with van der Waals surface area (Å²) in [6, 6.07) is 5.87. The van der Waals surface area contributed by atoms with Crippen LogP contribution in [0.2, 0.25) is 0 Å². The van der Waals surface area contributed by atoms with Crippen molar-refractivity contribution >= 4 is 23.5 Å². The lowest BCUT2D eigenvalue weighted by Crippen LogP contribution is -2.35. The first-order valence-corrected chi connectivity index (χ1v) is 6.64. The number of anilines is 1. The average Bonchev–Trinajstić information content (AvgIpc) is 2.38. The van der Waals surface area contributed by atoms with Gasteiger partial charge in [-0.2, -0.15) is 0 Å². The van der Waals surface area contributed by atoms with Crippen molar-refractivity contribution in [1.82, 2.24) is 0 Å². The van der Waals surface area contributed by atoms with Crippen LogP contribution in [0.1, 0.15) is 37.0 Å². The summed E-state index contributed by atoms with van der Waals surface area (Å²) in [7, 11) is 0. The van der Waals surface area contributed by atoms with Crippen molar-refractivity contribution in [1.29, 1.82) is 0 Å². The lowest BCUT2D eigenvalue weighted by Gasteiger charge is -2.21. The lowest BCUT2D eigenvalue weighted by molar-refractivity contribution is -0.313. The van der Waals surface area contributed by atoms with E-state index in [2.05, 4.69) is 5.32 Å². The maximum Gasteiger partial charge on any atom is 0.224 e. The molecular weight excluding hydrogens is 274 g/mol. The Labute approximate surface area is 122 Å². The van der Waals surface area contributed by atoms with Crippen LogP contribution in [0.4, 0.5) is 5.69 Å². The number of carbonyl (C=O) groups is 3. The fourth-order valence-corrected chi connectivity index (χ4v) is 1.99. The number of hydrogen-bond donors (Lipinski definition) is 1. The van der Waals surface area contributed by atoms with E-state index in [0.717, 1.165) is 0 Å². The van der Waals surface area contributed by atoms with Gasteiger partial charge < -0.3 is 25.1 Å². The zero-order valence-corrected chi connectivity index (χ0v) is 11.9. The van der Waals surface area contributed by atoms with Gasteiger partial charge in [-0.15, -0.1) is 0 Å². The molecule has 0 bridgehead atoms. The minimum Gasteiger partial charge on any atom is -0.550 e. The summed E-state index contributed by atoms with van der Waals surface area (Å²) in [6.07, 6.45) is 0.109. The molecule has 1 aromatic carbocycles. The van der Waals surface area contributed by atoms with Gasteiger partial charge in [-0.25, -0.2) is 0 Å². The van der Waals surface area contributed by atoms with Gasteiger partial charge in [0.15, 0.2) is 0 Å². The Kier molecular flexibility index (Phi) is 5.90. The highest BCUT2D eigenvalue weighted by Crippen LogP contribution is 2.18. The second-order valence-corrected chi connectivity index (χ2v) is 5.09. The first kappa shape index (κ1) is 16.7. The predicted molar refractivity (Wildman–Crippen MR) is 72.0 cm³/mol. The molecule has 0 aliphatic rings. The van der Waals surface area contributed by atoms with Crippen molar-refractivity contribution < 1.29 is 24.6 Å². The highest BCUT2D eigenvalue weighted by molar-refractivity contribution is 5.99. The number of carbonyl (C=O) groups excluding carboxylic acids is 3. The van der Waals surface area contributed by atoms with Gasteiger partial charge in [0.05, 0.1) is 5.97 Å². The molecule has 0 radical (unpaired) electrons. The Morgan fingerprint density at radius 3 is 2.29 bits per heavy atom. The zero-order valence-electron chi connectivity index (χ0n) is 11.9. The molecule has 114 valence electrons. The van der Waals surface area contributed by atoms with Crippen LogP contribution in [-0.2, 0) is 9.59 Å². The number of amides is 1. The molecular formula is C15H17NO5-2. The molecule has 0 aliphatic heterocycles. The smallest absolute Gasteiger partial charge is 0.224 e. The van der Waals surface area contributed by atoms with E-state index in [0.29, 0.717) is 0 Å². The number of aliphatic carboxylic acids is 1. The molecule has 0 heterocycles. The SMILES string of the molecule is CC(C)[C@H](CCC(=O)Nc1ccccc1C(=O)[O-])C(=O)[O-]. The van der Waals surface area contributed by atoms with Crippen molar-refractivity contribution in [3.05, 3.63) is 29.8 Å². The second kappa shape index (κ2) is 7.42. The Bertz CT molecular complexity index is 539. The van der Waals surface area contributed by atoms with Gasteiger partial charge in [-0.3, -0.25) is 4.79 Å². The number of benzene rings is 1. The van der Waals surface area contributed by atoms with E-state index in [1.807, 2.05) is 0 Å². The van der Waals surface area contributed by atoms with Crippen molar-refractivity contribution in [3.63, 3.8) is 0 Å². The van der Waals surface area contributed by atoms with E-state index in [1.54, 1.807) is 19.9 Å². The molecule has 1 amide bonds. The van der Waals surface area contributed by atoms with Crippen LogP contribution < -0.4 is 15.5 Å². The molecule has 0 aromatic heterocycles. The summed E-state index contributed by atoms with van der Waals surface area (Å²) in [5.41, 5.74) is 0.0169. The normalized spacial score (nSPS) is 12.0. The van der Waals surface area contributed by atoms with Gasteiger partial charge >= 0.3 is 0 Å². The van der Waals surface area contributed by atoms with Crippen LogP contribution in [0.5, 0.6) is 0 Å². The third-order valence-electron chi connectivity index (χ3n) is 3.21. The van der Waals surface area contributed by atoms with Crippen molar-refractivity contribution in [3.8, 4) is 0 Å². The highest BCUT2D eigenvalue weighted by Gasteiger charge is 2.16. The topological polar surface area (TPSA) is 109 Å². The number of carboxylic acids is 2. The fourth-order valence-electron chi connectivity index (χ4n) is 1.99. The van der Waals surface area contributed by atoms with E-state index in [-0.39, 0.29) is 30.0 Å². The molecule has 0 saturated heterocycles. The molecule has 21 heavy (non-hydrogen) atoms. The second-order valence-electron chi connectivity index (χ2n) is 5.09. The van der Waals surface area contributed by atoms with Gasteiger partial charge in [-0.05, 0) is 18.4 Å². The van der Waals surface area contributed by atoms with E-state index >= 15 is 0 Å². The first-order chi connectivity index (χ1) is 9.82. The third-order valence-corrected chi connectivity index (χ3v) is 3.21. The van der Waals surface area contributed by atoms with E-state index < -0.39 is 23.8 Å². The minimum absolute atomic E-state index is 0.0296. The quantitative estimate of drug-likeness (QED) is 0.747. The molecule has 0 aliphatic carbocycles. The third kappa shape index (κ3) is 4.91. The number of nitrogens with one attached hydrogen (secondary N) is 1. The van der Waals surface area contributed by atoms with Crippen LogP contribution in [0.15, 0.2) is 24.3 Å². The molecule has 6 heteroatoms. The largest absolute Gasteiger partial charge is 0.550 e. The summed E-state index contributed by atoms with van der Waals surface area (Å²) in [5, 5.41) is 24.3. The maximum atomic E-state index is 11.8. The Morgan fingerprint density at radius 1 is 1.14 bits per heavy atom. The standard InChI is InChI=1S/C15H19NO5/c1-9(2)10(14(18)19)7-8-13(17)16-12-6-4-3-5-11(12)15(20)21/h3-6,9-10H,7-8H2,1-2H3,(H,16,17)(H,18,19)(H,20,21)/p-2/t10-/m0/s1. The fraction of sp³-hybridized carbons (Fsp3) is 0.400. The summed E-state index contributed by atoms with van der Waals surface area (Å²) < 4.78 is 0. The maximum absolute atomic E-state index is 11.8. The lowest BCUT2D eigenvalue weighted by atomic mass is 9.91. The first-order valence-electron chi connectivity index (χ1n) is 6.64. The molecule has 0 unspecified atom stereocenters. The number of carboxylic acid groups (broad SMARTS) is 2. The van der Waals surface area contributed by atoms with Crippen molar-refractivity contribution in [2.45, 2.75) is 26.7 Å². The molecule has 0 fully saturated rings. The van der Waals surface area contributed by atoms with Crippen molar-refractivity contribution in [2.75, 3.05) is 5.32 Å². The number of aromatic carboxylic acids is 1. The van der Waals surface area contributed by atoms with E-state index in [1.165, 1.54) is 18.2 Å². The van der Waals surface area contributed by atoms with E-state index in [9.17, 15) is 24.6 Å². The molecule has 1 N–H and O–H groups in total. The number of hydrogen-bond acceptors (Lipinski definition) is 5. The van der Waals surface area contributed by atoms with Gasteiger partial charge in [0.1, 0.15) is 0 Å². The summed E-state index contributed by atoms with van der Waals surface area (Å²) >= 11 is 0. The molecule has 1 rings (SSSR count). The van der Waals surface area contributed by atoms with Gasteiger partial charge in [-0.1, -0.05) is 32.0 Å². The van der Waals surface area contributed by atoms with Crippen LogP contribution in [0, 0.1) is 11.8 Å². The predicted octanol–water partition coefficient (Wildman–Crippen LogP) is -0.209. The van der Waals surface area contributed by atoms with Crippen molar-refractivity contribution in [2.24, 2.45) is 11.8 Å². The monoisotopic (exact) mass is 291 g/mol. The van der Waals surface area contributed by atoms with Crippen LogP contribution in [0.25, 0.3) is 0 Å². The average molecular weight is 291 g/mol. The molecule has 1 aromatic rings. The Hall–Kier alpha value is -2.37. The Morgan fingerprint density at radius 2 is 1.76 bits per heavy atom. The molecule has 0 saturated carbocycles.